The van der Waals surface area contributed by atoms with Crippen molar-refractivity contribution in [3.05, 3.63) is 21.3 Å². The Labute approximate surface area is 141 Å². The Hall–Kier alpha value is -0.660. The zero-order valence-corrected chi connectivity index (χ0v) is 14.7. The fourth-order valence-corrected chi connectivity index (χ4v) is 3.72. The quantitative estimate of drug-likeness (QED) is 0.845. The molecule has 0 unspecified atom stereocenters. The Morgan fingerprint density at radius 2 is 2.00 bits per heavy atom. The SMILES string of the molecule is C[C@H](O)CN1CCN(CC(=O)N(C)Cc2ccc(Cl)s2)CC1. The summed E-state index contributed by atoms with van der Waals surface area (Å²) in [6, 6.07) is 3.83. The number of thiophene rings is 1. The van der Waals surface area contributed by atoms with E-state index in [1.807, 2.05) is 26.1 Å². The van der Waals surface area contributed by atoms with Gasteiger partial charge in [0.25, 0.3) is 0 Å². The van der Waals surface area contributed by atoms with E-state index >= 15 is 0 Å². The van der Waals surface area contributed by atoms with Crippen LogP contribution in [0.3, 0.4) is 0 Å². The highest BCUT2D eigenvalue weighted by atomic mass is 35.5. The van der Waals surface area contributed by atoms with Crippen LogP contribution in [0.4, 0.5) is 0 Å². The molecule has 5 nitrogen and oxygen atoms in total. The van der Waals surface area contributed by atoms with Crippen molar-refractivity contribution in [1.82, 2.24) is 14.7 Å². The normalized spacial score (nSPS) is 18.4. The first-order chi connectivity index (χ1) is 10.4. The molecular weight excluding hydrogens is 322 g/mol. The van der Waals surface area contributed by atoms with E-state index in [1.54, 1.807) is 4.90 Å². The van der Waals surface area contributed by atoms with Crippen LogP contribution in [0.2, 0.25) is 4.34 Å². The van der Waals surface area contributed by atoms with E-state index in [4.69, 9.17) is 11.6 Å². The van der Waals surface area contributed by atoms with Crippen LogP contribution < -0.4 is 0 Å². The number of hydrogen-bond donors (Lipinski definition) is 1. The molecule has 1 N–H and O–H groups in total. The lowest BCUT2D eigenvalue weighted by molar-refractivity contribution is -0.132. The molecule has 2 heterocycles. The predicted molar refractivity (Wildman–Crippen MR) is 90.4 cm³/mol. The van der Waals surface area contributed by atoms with Crippen LogP contribution in [0.25, 0.3) is 0 Å². The number of piperazine rings is 1. The molecule has 1 atom stereocenters. The molecule has 1 aromatic heterocycles. The second-order valence-corrected chi connectivity index (χ2v) is 7.68. The molecule has 1 aliphatic heterocycles. The summed E-state index contributed by atoms with van der Waals surface area (Å²) < 4.78 is 0.755. The van der Waals surface area contributed by atoms with Crippen molar-refractivity contribution in [2.45, 2.75) is 19.6 Å². The average molecular weight is 346 g/mol. The van der Waals surface area contributed by atoms with Crippen molar-refractivity contribution in [3.63, 3.8) is 0 Å². The summed E-state index contributed by atoms with van der Waals surface area (Å²) in [5, 5.41) is 9.41. The molecule has 2 rings (SSSR count). The van der Waals surface area contributed by atoms with Gasteiger partial charge in [0.1, 0.15) is 0 Å². The van der Waals surface area contributed by atoms with Gasteiger partial charge in [-0.15, -0.1) is 11.3 Å². The minimum absolute atomic E-state index is 0.133. The molecule has 0 radical (unpaired) electrons. The van der Waals surface area contributed by atoms with Crippen molar-refractivity contribution >= 4 is 28.8 Å². The molecule has 0 bridgehead atoms. The molecule has 0 spiro atoms. The molecule has 0 aliphatic carbocycles. The minimum Gasteiger partial charge on any atom is -0.392 e. The molecule has 124 valence electrons. The fourth-order valence-electron chi connectivity index (χ4n) is 2.57. The molecule has 0 saturated carbocycles. The Kier molecular flexibility index (Phi) is 6.65. The number of carbonyl (C=O) groups excluding carboxylic acids is 1. The number of nitrogens with zero attached hydrogens (tertiary/aromatic N) is 3. The van der Waals surface area contributed by atoms with Crippen LogP contribution in [0.1, 0.15) is 11.8 Å². The highest BCUT2D eigenvalue weighted by Gasteiger charge is 2.21. The summed E-state index contributed by atoms with van der Waals surface area (Å²) in [4.78, 5) is 19.6. The molecule has 1 aromatic rings. The van der Waals surface area contributed by atoms with Crippen molar-refractivity contribution in [2.24, 2.45) is 0 Å². The van der Waals surface area contributed by atoms with Gasteiger partial charge in [0.05, 0.1) is 23.5 Å². The number of halogens is 1. The topological polar surface area (TPSA) is 47.0 Å². The van der Waals surface area contributed by atoms with Gasteiger partial charge in [0.15, 0.2) is 0 Å². The summed E-state index contributed by atoms with van der Waals surface area (Å²) in [5.41, 5.74) is 0. The van der Waals surface area contributed by atoms with E-state index in [2.05, 4.69) is 9.80 Å². The van der Waals surface area contributed by atoms with Crippen LogP contribution in [0.15, 0.2) is 12.1 Å². The first-order valence-corrected chi connectivity index (χ1v) is 8.74. The molecule has 1 saturated heterocycles. The maximum atomic E-state index is 12.3. The van der Waals surface area contributed by atoms with E-state index in [1.165, 1.54) is 11.3 Å². The fraction of sp³-hybridized carbons (Fsp3) is 0.667. The van der Waals surface area contributed by atoms with Crippen LogP contribution in [-0.2, 0) is 11.3 Å². The number of carbonyl (C=O) groups is 1. The number of likely N-dealkylation sites (N-methyl/N-ethyl adjacent to an activating group) is 1. The number of hydrogen-bond acceptors (Lipinski definition) is 5. The monoisotopic (exact) mass is 345 g/mol. The van der Waals surface area contributed by atoms with Gasteiger partial charge in [-0.2, -0.15) is 0 Å². The van der Waals surface area contributed by atoms with E-state index < -0.39 is 0 Å². The highest BCUT2D eigenvalue weighted by Crippen LogP contribution is 2.22. The van der Waals surface area contributed by atoms with E-state index in [9.17, 15) is 9.90 Å². The van der Waals surface area contributed by atoms with Crippen LogP contribution in [-0.4, -0.2) is 78.1 Å². The summed E-state index contributed by atoms with van der Waals surface area (Å²) in [5.74, 6) is 0.133. The summed E-state index contributed by atoms with van der Waals surface area (Å²) in [6.45, 7) is 7.14. The Balaban J connectivity index is 1.73. The van der Waals surface area contributed by atoms with Gasteiger partial charge in [-0.25, -0.2) is 0 Å². The number of amides is 1. The standard InChI is InChI=1S/C15H24ClN3O2S/c1-12(20)9-18-5-7-19(8-6-18)11-15(21)17(2)10-13-3-4-14(16)22-13/h3-4,12,20H,5-11H2,1-2H3/t12-/m0/s1. The Bertz CT molecular complexity index is 487. The lowest BCUT2D eigenvalue weighted by Gasteiger charge is -2.35. The Morgan fingerprint density at radius 1 is 1.36 bits per heavy atom. The van der Waals surface area contributed by atoms with Crippen molar-refractivity contribution in [3.8, 4) is 0 Å². The second-order valence-electron chi connectivity index (χ2n) is 5.88. The lowest BCUT2D eigenvalue weighted by atomic mass is 10.2. The molecule has 7 heteroatoms. The third-order valence-corrected chi connectivity index (χ3v) is 5.01. The molecular formula is C15H24ClN3O2S. The first kappa shape index (κ1) is 17.7. The van der Waals surface area contributed by atoms with E-state index in [-0.39, 0.29) is 12.0 Å². The number of rotatable bonds is 6. The van der Waals surface area contributed by atoms with Crippen LogP contribution >= 0.6 is 22.9 Å². The predicted octanol–water partition coefficient (Wildman–Crippen LogP) is 1.36. The largest absolute Gasteiger partial charge is 0.392 e. The molecule has 1 aliphatic rings. The van der Waals surface area contributed by atoms with Gasteiger partial charge < -0.3 is 10.0 Å². The maximum absolute atomic E-state index is 12.3. The summed E-state index contributed by atoms with van der Waals surface area (Å²) >= 11 is 7.43. The summed E-state index contributed by atoms with van der Waals surface area (Å²) in [6.07, 6.45) is -0.295. The third kappa shape index (κ3) is 5.52. The van der Waals surface area contributed by atoms with Gasteiger partial charge >= 0.3 is 0 Å². The second kappa shape index (κ2) is 8.26. The Morgan fingerprint density at radius 3 is 2.55 bits per heavy atom. The van der Waals surface area contributed by atoms with Gasteiger partial charge in [-0.05, 0) is 19.1 Å². The maximum Gasteiger partial charge on any atom is 0.236 e. The molecule has 1 amide bonds. The van der Waals surface area contributed by atoms with Gasteiger partial charge in [0.2, 0.25) is 5.91 Å². The number of β-amino-alcohol motifs (C(OH)–C–C–N with tert-alkyl or cyclic N) is 1. The molecule has 0 aromatic carbocycles. The van der Waals surface area contributed by atoms with E-state index in [0.717, 1.165) is 35.4 Å². The molecule has 22 heavy (non-hydrogen) atoms. The van der Waals surface area contributed by atoms with Gasteiger partial charge in [-0.3, -0.25) is 14.6 Å². The zero-order valence-electron chi connectivity index (χ0n) is 13.2. The van der Waals surface area contributed by atoms with Gasteiger partial charge in [0, 0.05) is 44.6 Å². The highest BCUT2D eigenvalue weighted by molar-refractivity contribution is 7.16. The zero-order chi connectivity index (χ0) is 16.1. The lowest BCUT2D eigenvalue weighted by Crippen LogP contribution is -2.50. The third-order valence-electron chi connectivity index (χ3n) is 3.79. The van der Waals surface area contributed by atoms with E-state index in [0.29, 0.717) is 19.6 Å². The van der Waals surface area contributed by atoms with Crippen LogP contribution in [0, 0.1) is 0 Å². The molecule has 1 fully saturated rings. The van der Waals surface area contributed by atoms with Crippen molar-refractivity contribution in [2.75, 3.05) is 46.3 Å². The van der Waals surface area contributed by atoms with Crippen molar-refractivity contribution in [1.29, 1.82) is 0 Å². The van der Waals surface area contributed by atoms with Crippen molar-refractivity contribution < 1.29 is 9.90 Å². The average Bonchev–Trinajstić information content (AvgIpc) is 2.85. The van der Waals surface area contributed by atoms with Gasteiger partial charge in [-0.1, -0.05) is 11.6 Å². The first-order valence-electron chi connectivity index (χ1n) is 7.55. The summed E-state index contributed by atoms with van der Waals surface area (Å²) in [7, 11) is 1.83. The smallest absolute Gasteiger partial charge is 0.236 e. The minimum atomic E-state index is -0.295. The number of aliphatic hydroxyl groups excluding tert-OH is 1. The van der Waals surface area contributed by atoms with Crippen LogP contribution in [0.5, 0.6) is 0 Å². The number of aliphatic hydroxyl groups is 1.